The van der Waals surface area contributed by atoms with E-state index in [0.717, 1.165) is 0 Å². The van der Waals surface area contributed by atoms with E-state index in [4.69, 9.17) is 42.1 Å². The summed E-state index contributed by atoms with van der Waals surface area (Å²) >= 11 is 0. The molecule has 0 aliphatic heterocycles. The van der Waals surface area contributed by atoms with Crippen molar-refractivity contribution in [1.82, 2.24) is 0 Å². The van der Waals surface area contributed by atoms with E-state index in [-0.39, 0.29) is 31.3 Å². The monoisotopic (exact) mass is 430 g/mol. The van der Waals surface area contributed by atoms with E-state index in [0.29, 0.717) is 11.1 Å². The van der Waals surface area contributed by atoms with Crippen molar-refractivity contribution in [3.63, 3.8) is 0 Å². The average Bonchev–Trinajstić information content (AvgIpc) is 2.56. The summed E-state index contributed by atoms with van der Waals surface area (Å²) in [5, 5.41) is 29.5. The van der Waals surface area contributed by atoms with Crippen molar-refractivity contribution in [2.75, 3.05) is 0 Å². The molecule has 0 saturated carbocycles. The van der Waals surface area contributed by atoms with Gasteiger partial charge in [-0.2, -0.15) is 0 Å². The smallest absolute Gasteiger partial charge is 0.366 e. The Kier molecular flexibility index (Phi) is 18.0. The van der Waals surface area contributed by atoms with Crippen LogP contribution >= 0.6 is 0 Å². The van der Waals surface area contributed by atoms with Gasteiger partial charge in [0.1, 0.15) is 0 Å². The Balaban J connectivity index is -0.000000303. The summed E-state index contributed by atoms with van der Waals surface area (Å²) in [6, 6.07) is 17.5. The molecule has 0 radical (unpaired) electrons. The SMILES string of the molecule is NC(=O)c1ccccc1.NC(=O)c1ccccc1.O=[N+]([O-])[O-].O=[N+]([O-])[O-].[Zn+2]. The first-order valence-corrected chi connectivity index (χ1v) is 6.40. The Morgan fingerprint density at radius 3 is 0.926 bits per heavy atom. The first kappa shape index (κ1) is 28.2. The molecule has 2 rings (SSSR count). The molecule has 0 bridgehead atoms. The second kappa shape index (κ2) is 17.2. The quantitative estimate of drug-likeness (QED) is 0.397. The third-order valence-corrected chi connectivity index (χ3v) is 2.12. The van der Waals surface area contributed by atoms with Crippen molar-refractivity contribution in [3.8, 4) is 0 Å². The van der Waals surface area contributed by atoms with Crippen LogP contribution in [0.3, 0.4) is 0 Å². The molecule has 2 aromatic rings. The number of carbonyl (C=O) groups is 2. The van der Waals surface area contributed by atoms with Crippen LogP contribution in [-0.4, -0.2) is 22.0 Å². The molecule has 12 nitrogen and oxygen atoms in total. The zero-order chi connectivity index (χ0) is 20.5. The van der Waals surface area contributed by atoms with Gasteiger partial charge in [-0.15, -0.1) is 0 Å². The van der Waals surface area contributed by atoms with Gasteiger partial charge in [0.25, 0.3) is 0 Å². The Labute approximate surface area is 165 Å². The summed E-state index contributed by atoms with van der Waals surface area (Å²) in [6.07, 6.45) is 0. The predicted molar refractivity (Wildman–Crippen MR) is 90.6 cm³/mol. The van der Waals surface area contributed by atoms with E-state index in [1.807, 2.05) is 12.1 Å². The van der Waals surface area contributed by atoms with Gasteiger partial charge < -0.3 is 42.1 Å². The summed E-state index contributed by atoms with van der Waals surface area (Å²) in [4.78, 5) is 37.3. The van der Waals surface area contributed by atoms with Crippen molar-refractivity contribution in [1.29, 1.82) is 0 Å². The summed E-state index contributed by atoms with van der Waals surface area (Å²) in [5.41, 5.74) is 11.1. The maximum Gasteiger partial charge on any atom is 2.00 e. The number of primary amides is 2. The molecule has 0 spiro atoms. The van der Waals surface area contributed by atoms with Crippen LogP contribution in [0, 0.1) is 30.6 Å². The third kappa shape index (κ3) is 22.4. The molecule has 27 heavy (non-hydrogen) atoms. The minimum atomic E-state index is -1.75. The minimum Gasteiger partial charge on any atom is -0.366 e. The predicted octanol–water partition coefficient (Wildman–Crippen LogP) is 1.09. The number of hydrogen-bond acceptors (Lipinski definition) is 8. The number of rotatable bonds is 2. The van der Waals surface area contributed by atoms with E-state index < -0.39 is 10.2 Å². The van der Waals surface area contributed by atoms with Crippen LogP contribution in [0.1, 0.15) is 20.7 Å². The van der Waals surface area contributed by atoms with E-state index >= 15 is 0 Å². The number of hydrogen-bond donors (Lipinski definition) is 2. The fraction of sp³-hybridized carbons (Fsp3) is 0. The average molecular weight is 432 g/mol. The third-order valence-electron chi connectivity index (χ3n) is 2.12. The topological polar surface area (TPSA) is 219 Å². The van der Waals surface area contributed by atoms with Crippen LogP contribution < -0.4 is 11.5 Å². The van der Waals surface area contributed by atoms with Crippen LogP contribution in [0.5, 0.6) is 0 Å². The minimum absolute atomic E-state index is 0. The Morgan fingerprint density at radius 2 is 0.815 bits per heavy atom. The first-order valence-electron chi connectivity index (χ1n) is 6.40. The van der Waals surface area contributed by atoms with Crippen LogP contribution in [-0.2, 0) is 19.5 Å². The second-order valence-electron chi connectivity index (χ2n) is 3.91. The molecule has 2 aromatic carbocycles. The molecular weight excluding hydrogens is 418 g/mol. The van der Waals surface area contributed by atoms with Crippen molar-refractivity contribution in [2.45, 2.75) is 0 Å². The van der Waals surface area contributed by atoms with E-state index in [1.165, 1.54) is 0 Å². The normalized spacial score (nSPS) is 7.70. The Hall–Kier alpha value is -3.60. The summed E-state index contributed by atoms with van der Waals surface area (Å²) in [6.45, 7) is 0. The van der Waals surface area contributed by atoms with Gasteiger partial charge in [-0.3, -0.25) is 9.59 Å². The maximum absolute atomic E-state index is 10.4. The second-order valence-corrected chi connectivity index (χ2v) is 3.91. The van der Waals surface area contributed by atoms with Crippen molar-refractivity contribution in [3.05, 3.63) is 102 Å². The van der Waals surface area contributed by atoms with Crippen molar-refractivity contribution < 1.29 is 39.2 Å². The summed E-state index contributed by atoms with van der Waals surface area (Å²) < 4.78 is 0. The van der Waals surface area contributed by atoms with Gasteiger partial charge in [-0.25, -0.2) is 0 Å². The van der Waals surface area contributed by atoms with Gasteiger partial charge in [-0.05, 0) is 24.3 Å². The molecule has 0 unspecified atom stereocenters. The zero-order valence-electron chi connectivity index (χ0n) is 13.8. The standard InChI is InChI=1S/2C7H7NO.2NO3.Zn/c2*8-7(9)6-4-2-1-3-5-6;2*2-1(3)4;/h2*1-5H,(H2,8,9);;;/q;;2*-1;+2. The molecule has 0 aliphatic rings. The molecule has 4 N–H and O–H groups in total. The van der Waals surface area contributed by atoms with Gasteiger partial charge in [0, 0.05) is 11.1 Å². The maximum atomic E-state index is 10.4. The molecule has 0 heterocycles. The molecular formula is C14H14N4O8Zn. The molecule has 2 amide bonds. The molecule has 140 valence electrons. The van der Waals surface area contributed by atoms with Crippen LogP contribution in [0.25, 0.3) is 0 Å². The Morgan fingerprint density at radius 1 is 0.630 bits per heavy atom. The molecule has 13 heteroatoms. The van der Waals surface area contributed by atoms with Crippen LogP contribution in [0.15, 0.2) is 60.7 Å². The van der Waals surface area contributed by atoms with E-state index in [9.17, 15) is 9.59 Å². The van der Waals surface area contributed by atoms with E-state index in [2.05, 4.69) is 0 Å². The number of benzene rings is 2. The molecule has 0 aliphatic carbocycles. The number of nitrogens with two attached hydrogens (primary N) is 2. The first-order chi connectivity index (χ1) is 12.1. The molecule has 0 saturated heterocycles. The van der Waals surface area contributed by atoms with Gasteiger partial charge in [0.2, 0.25) is 11.8 Å². The number of carbonyl (C=O) groups excluding carboxylic acids is 2. The van der Waals surface area contributed by atoms with Crippen molar-refractivity contribution in [2.24, 2.45) is 11.5 Å². The number of nitrogens with zero attached hydrogens (tertiary/aromatic N) is 2. The van der Waals surface area contributed by atoms with Crippen LogP contribution in [0.2, 0.25) is 0 Å². The summed E-state index contributed by atoms with van der Waals surface area (Å²) in [5.74, 6) is -0.758. The van der Waals surface area contributed by atoms with Gasteiger partial charge in [0.05, 0.1) is 10.2 Å². The molecule has 0 aromatic heterocycles. The molecule has 0 atom stereocenters. The largest absolute Gasteiger partial charge is 2.00 e. The van der Waals surface area contributed by atoms with Gasteiger partial charge >= 0.3 is 19.5 Å². The van der Waals surface area contributed by atoms with E-state index in [1.54, 1.807) is 48.5 Å². The Bertz CT molecular complexity index is 631. The fourth-order valence-electron chi connectivity index (χ4n) is 1.20. The summed E-state index contributed by atoms with van der Waals surface area (Å²) in [7, 11) is 0. The van der Waals surface area contributed by atoms with Crippen molar-refractivity contribution >= 4 is 11.8 Å². The zero-order valence-corrected chi connectivity index (χ0v) is 16.8. The van der Waals surface area contributed by atoms with Gasteiger partial charge in [-0.1, -0.05) is 36.4 Å². The fourth-order valence-corrected chi connectivity index (χ4v) is 1.20. The number of amides is 2. The van der Waals surface area contributed by atoms with Gasteiger partial charge in [0.15, 0.2) is 0 Å². The van der Waals surface area contributed by atoms with Crippen LogP contribution in [0.4, 0.5) is 0 Å². The molecule has 0 fully saturated rings.